The van der Waals surface area contributed by atoms with Crippen LogP contribution >= 0.6 is 0 Å². The van der Waals surface area contributed by atoms with Crippen LogP contribution in [0.15, 0.2) is 42.5 Å². The summed E-state index contributed by atoms with van der Waals surface area (Å²) < 4.78 is 0. The molecule has 0 bridgehead atoms. The maximum atomic E-state index is 11.1. The Kier molecular flexibility index (Phi) is 6.34. The fourth-order valence-electron chi connectivity index (χ4n) is 2.75. The van der Waals surface area contributed by atoms with Crippen molar-refractivity contribution < 1.29 is 4.79 Å². The molecule has 2 aromatic carbocycles. The van der Waals surface area contributed by atoms with Gasteiger partial charge >= 0.3 is 0 Å². The van der Waals surface area contributed by atoms with Crippen molar-refractivity contribution in [1.82, 2.24) is 10.2 Å². The van der Waals surface area contributed by atoms with E-state index >= 15 is 0 Å². The van der Waals surface area contributed by atoms with Crippen molar-refractivity contribution in [2.45, 2.75) is 46.5 Å². The second-order valence-corrected chi connectivity index (χ2v) is 6.53. The molecule has 1 atom stereocenters. The van der Waals surface area contributed by atoms with Gasteiger partial charge < -0.3 is 5.73 Å². The summed E-state index contributed by atoms with van der Waals surface area (Å²) in [5, 5.41) is 7.40. The van der Waals surface area contributed by atoms with E-state index in [0.29, 0.717) is 11.4 Å². The smallest absolute Gasteiger partial charge is 0.159 e. The molecule has 0 spiro atoms. The van der Waals surface area contributed by atoms with E-state index in [1.807, 2.05) is 0 Å². The van der Waals surface area contributed by atoms with Crippen molar-refractivity contribution in [3.8, 4) is 0 Å². The Hall–Kier alpha value is -2.62. The second-order valence-electron chi connectivity index (χ2n) is 6.53. The first-order valence-corrected chi connectivity index (χ1v) is 8.73. The van der Waals surface area contributed by atoms with Crippen molar-refractivity contribution in [3.63, 3.8) is 0 Å². The molecular formula is C21H27N3O. The molecule has 4 nitrogen and oxygen atoms in total. The number of nitrogens with two attached hydrogens (primary N) is 1. The highest BCUT2D eigenvalue weighted by atomic mass is 16.1. The Bertz CT molecular complexity index is 834. The van der Waals surface area contributed by atoms with E-state index in [9.17, 15) is 4.79 Å². The summed E-state index contributed by atoms with van der Waals surface area (Å²) in [4.78, 5) is 11.1. The van der Waals surface area contributed by atoms with Gasteiger partial charge in [0.1, 0.15) is 0 Å². The van der Waals surface area contributed by atoms with Gasteiger partial charge in [-0.1, -0.05) is 50.1 Å². The molecule has 0 radical (unpaired) electrons. The molecular weight excluding hydrogens is 310 g/mol. The van der Waals surface area contributed by atoms with Gasteiger partial charge in [-0.2, -0.15) is 5.10 Å². The number of carbonyl (C=O) groups is 1. The Morgan fingerprint density at radius 2 is 1.88 bits per heavy atom. The first kappa shape index (κ1) is 18.7. The number of anilines is 1. The molecule has 0 aliphatic carbocycles. The molecule has 0 aliphatic heterocycles. The number of H-pyrrole nitrogens is 1. The van der Waals surface area contributed by atoms with Gasteiger partial charge in [0.25, 0.3) is 0 Å². The van der Waals surface area contributed by atoms with Crippen molar-refractivity contribution in [2.24, 2.45) is 0 Å². The zero-order chi connectivity index (χ0) is 18.4. The van der Waals surface area contributed by atoms with Crippen molar-refractivity contribution in [3.05, 3.63) is 59.2 Å². The number of aromatic amines is 1. The average molecular weight is 337 g/mol. The number of benzene rings is 2. The van der Waals surface area contributed by atoms with Crippen LogP contribution in [0.5, 0.6) is 0 Å². The Labute approximate surface area is 149 Å². The molecule has 3 rings (SSSR count). The van der Waals surface area contributed by atoms with E-state index in [2.05, 4.69) is 55.2 Å². The lowest BCUT2D eigenvalue weighted by Crippen LogP contribution is -1.92. The van der Waals surface area contributed by atoms with Gasteiger partial charge in [0, 0.05) is 10.9 Å². The van der Waals surface area contributed by atoms with Crippen LogP contribution in [0.1, 0.15) is 61.0 Å². The summed E-state index contributed by atoms with van der Waals surface area (Å²) in [7, 11) is 0. The fourth-order valence-corrected chi connectivity index (χ4v) is 2.75. The molecule has 0 aliphatic rings. The minimum atomic E-state index is 0.0301. The number of Topliss-reactive ketones (excluding diaryl/α,β-unsaturated/α-hetero) is 1. The molecule has 4 heteroatoms. The third-order valence-electron chi connectivity index (χ3n) is 4.37. The number of aromatic nitrogens is 2. The number of fused-ring (bicyclic) bond motifs is 1. The van der Waals surface area contributed by atoms with Crippen molar-refractivity contribution >= 4 is 22.5 Å². The number of nitrogens with zero attached hydrogens (tertiary/aromatic N) is 1. The maximum absolute atomic E-state index is 11.1. The highest BCUT2D eigenvalue weighted by Gasteiger charge is 2.05. The van der Waals surface area contributed by atoms with Gasteiger partial charge in [-0.3, -0.25) is 9.89 Å². The predicted molar refractivity (Wildman–Crippen MR) is 105 cm³/mol. The topological polar surface area (TPSA) is 71.8 Å². The third kappa shape index (κ3) is 4.92. The normalized spacial score (nSPS) is 11.7. The van der Waals surface area contributed by atoms with Crippen molar-refractivity contribution in [1.29, 1.82) is 0 Å². The van der Waals surface area contributed by atoms with Crippen LogP contribution in [0.25, 0.3) is 10.9 Å². The van der Waals surface area contributed by atoms with Crippen LogP contribution in [-0.2, 0) is 0 Å². The van der Waals surface area contributed by atoms with Gasteiger partial charge in [0.15, 0.2) is 11.6 Å². The third-order valence-corrected chi connectivity index (χ3v) is 4.37. The van der Waals surface area contributed by atoms with E-state index in [1.165, 1.54) is 30.9 Å². The molecule has 1 heterocycles. The van der Waals surface area contributed by atoms with Gasteiger partial charge in [0.05, 0.1) is 5.52 Å². The number of carbonyl (C=O) groups excluding carboxylic acids is 1. The van der Waals surface area contributed by atoms with Crippen LogP contribution in [0.2, 0.25) is 0 Å². The summed E-state index contributed by atoms with van der Waals surface area (Å²) in [6.07, 6.45) is 2.57. The van der Waals surface area contributed by atoms with Gasteiger partial charge in [-0.25, -0.2) is 0 Å². The predicted octanol–water partition coefficient (Wildman–Crippen LogP) is 5.25. The number of hydrogen-bond acceptors (Lipinski definition) is 3. The number of aryl methyl sites for hydroxylation is 1. The minimum absolute atomic E-state index is 0.0301. The highest BCUT2D eigenvalue weighted by molar-refractivity contribution is 6.00. The summed E-state index contributed by atoms with van der Waals surface area (Å²) in [6.45, 7) is 8.20. The Morgan fingerprint density at radius 3 is 2.48 bits per heavy atom. The molecule has 25 heavy (non-hydrogen) atoms. The molecule has 1 unspecified atom stereocenters. The maximum Gasteiger partial charge on any atom is 0.159 e. The average Bonchev–Trinajstić information content (AvgIpc) is 2.97. The standard InChI is InChI=1S/C12H18.C9H9N3O/c1-4-5-11(3)12-8-6-10(2)7-9-12;1-5(13)6-2-3-8-7(4-6)9(10)12-11-8/h6-9,11H,4-5H2,1-3H3;2-4H,1H3,(H3,10,11,12). The van der Waals surface area contributed by atoms with E-state index in [-0.39, 0.29) is 5.78 Å². The van der Waals surface area contributed by atoms with Gasteiger partial charge in [0.2, 0.25) is 0 Å². The van der Waals surface area contributed by atoms with E-state index < -0.39 is 0 Å². The van der Waals surface area contributed by atoms with Gasteiger partial charge in [-0.05, 0) is 49.9 Å². The minimum Gasteiger partial charge on any atom is -0.382 e. The summed E-state index contributed by atoms with van der Waals surface area (Å²) in [6, 6.07) is 14.2. The number of nitrogen functional groups attached to an aromatic ring is 1. The molecule has 132 valence electrons. The van der Waals surface area contributed by atoms with Crippen LogP contribution < -0.4 is 5.73 Å². The molecule has 1 aromatic heterocycles. The zero-order valence-corrected chi connectivity index (χ0v) is 15.5. The van der Waals surface area contributed by atoms with E-state index in [4.69, 9.17) is 5.73 Å². The van der Waals surface area contributed by atoms with Crippen LogP contribution in [-0.4, -0.2) is 16.0 Å². The summed E-state index contributed by atoms with van der Waals surface area (Å²) in [5.41, 5.74) is 9.92. The molecule has 3 N–H and O–H groups in total. The largest absolute Gasteiger partial charge is 0.382 e. The monoisotopic (exact) mass is 337 g/mol. The first-order chi connectivity index (χ1) is 11.9. The Balaban J connectivity index is 0.000000181. The fraction of sp³-hybridized carbons (Fsp3) is 0.333. The number of rotatable bonds is 4. The lowest BCUT2D eigenvalue weighted by Gasteiger charge is -2.09. The van der Waals surface area contributed by atoms with E-state index in [0.717, 1.165) is 16.8 Å². The molecule has 0 amide bonds. The van der Waals surface area contributed by atoms with Crippen molar-refractivity contribution in [2.75, 3.05) is 5.73 Å². The summed E-state index contributed by atoms with van der Waals surface area (Å²) in [5.74, 6) is 1.18. The molecule has 0 saturated heterocycles. The molecule has 3 aromatic rings. The quantitative estimate of drug-likeness (QED) is 0.639. The Morgan fingerprint density at radius 1 is 1.20 bits per heavy atom. The molecule has 0 saturated carbocycles. The summed E-state index contributed by atoms with van der Waals surface area (Å²) >= 11 is 0. The van der Waals surface area contributed by atoms with E-state index in [1.54, 1.807) is 18.2 Å². The number of hydrogen-bond donors (Lipinski definition) is 2. The SMILES string of the molecule is CC(=O)c1ccc2[nH]nc(N)c2c1.CCCC(C)c1ccc(C)cc1. The number of ketones is 1. The molecule has 0 fully saturated rings. The van der Waals surface area contributed by atoms with Gasteiger partial charge in [-0.15, -0.1) is 0 Å². The lowest BCUT2D eigenvalue weighted by molar-refractivity contribution is 0.101. The van der Waals surface area contributed by atoms with Crippen LogP contribution in [0.3, 0.4) is 0 Å². The zero-order valence-electron chi connectivity index (χ0n) is 15.5. The lowest BCUT2D eigenvalue weighted by atomic mass is 9.96. The number of nitrogens with one attached hydrogen (secondary N) is 1. The first-order valence-electron chi connectivity index (χ1n) is 8.73. The highest BCUT2D eigenvalue weighted by Crippen LogP contribution is 2.20. The van der Waals surface area contributed by atoms with Crippen LogP contribution in [0.4, 0.5) is 5.82 Å². The second kappa shape index (κ2) is 8.47. The van der Waals surface area contributed by atoms with Crippen LogP contribution in [0, 0.1) is 6.92 Å².